The van der Waals surface area contributed by atoms with Crippen molar-refractivity contribution < 1.29 is 54.2 Å². The van der Waals surface area contributed by atoms with E-state index in [2.05, 4.69) is 5.32 Å². The molecule has 0 fully saturated rings. The fourth-order valence-corrected chi connectivity index (χ4v) is 6.77. The van der Waals surface area contributed by atoms with Gasteiger partial charge in [-0.2, -0.15) is 26.3 Å². The molecule has 4 aromatic carbocycles. The van der Waals surface area contributed by atoms with E-state index in [1.54, 1.807) is 18.2 Å². The number of alkyl halides is 6. The molecule has 1 aliphatic heterocycles. The average Bonchev–Trinajstić information content (AvgIpc) is 3.43. The predicted molar refractivity (Wildman–Crippen MR) is 157 cm³/mol. The van der Waals surface area contributed by atoms with Crippen LogP contribution in [-0.2, 0) is 33.6 Å². The summed E-state index contributed by atoms with van der Waals surface area (Å²) in [7, 11) is -4.40. The smallest absolute Gasteiger partial charge is 0.419 e. The topological polar surface area (TPSA) is 113 Å². The highest BCUT2D eigenvalue weighted by atomic mass is 32.2. The number of rotatable bonds is 9. The second-order valence-electron chi connectivity index (χ2n) is 10.4. The van der Waals surface area contributed by atoms with E-state index < -0.39 is 69.3 Å². The molecule has 1 heterocycles. The number of hydrogen-bond acceptors (Lipinski definition) is 5. The highest BCUT2D eigenvalue weighted by Crippen LogP contribution is 2.39. The molecule has 246 valence electrons. The first kappa shape index (κ1) is 33.3. The van der Waals surface area contributed by atoms with E-state index in [-0.39, 0.29) is 29.1 Å². The number of nitrogens with zero attached hydrogens (tertiary/aromatic N) is 1. The fourth-order valence-electron chi connectivity index (χ4n) is 5.13. The Morgan fingerprint density at radius 1 is 0.851 bits per heavy atom. The molecule has 15 heteroatoms. The highest BCUT2D eigenvalue weighted by Gasteiger charge is 2.42. The Bertz CT molecular complexity index is 1930. The zero-order valence-corrected chi connectivity index (χ0v) is 24.8. The Kier molecular flexibility index (Phi) is 8.95. The normalized spacial score (nSPS) is 14.9. The number of amides is 1. The number of halogens is 6. The third kappa shape index (κ3) is 7.04. The van der Waals surface area contributed by atoms with Crippen LogP contribution in [0.25, 0.3) is 11.1 Å². The first-order chi connectivity index (χ1) is 22.1. The van der Waals surface area contributed by atoms with Crippen molar-refractivity contribution in [3.05, 3.63) is 113 Å². The molecule has 0 aliphatic carbocycles. The molecule has 2 N–H and O–H groups in total. The highest BCUT2D eigenvalue weighted by molar-refractivity contribution is 7.93. The van der Waals surface area contributed by atoms with Crippen molar-refractivity contribution in [3.63, 3.8) is 0 Å². The minimum Gasteiger partial charge on any atom is -0.491 e. The molecule has 4 aromatic rings. The van der Waals surface area contributed by atoms with Crippen LogP contribution in [0.15, 0.2) is 95.9 Å². The van der Waals surface area contributed by atoms with Gasteiger partial charge in [0.05, 0.1) is 33.8 Å². The summed E-state index contributed by atoms with van der Waals surface area (Å²) in [4.78, 5) is 24.2. The summed E-state index contributed by atoms with van der Waals surface area (Å²) in [6, 6.07) is 17.1. The molecule has 1 aliphatic rings. The Labute approximate surface area is 264 Å². The third-order valence-corrected chi connectivity index (χ3v) is 9.19. The van der Waals surface area contributed by atoms with Crippen LogP contribution in [0.1, 0.15) is 27.0 Å². The van der Waals surface area contributed by atoms with Gasteiger partial charge >= 0.3 is 18.3 Å². The number of aromatic carboxylic acids is 1. The van der Waals surface area contributed by atoms with E-state index in [0.29, 0.717) is 17.2 Å². The SMILES string of the molecule is O=C(O)c1ccc(OCCNC(=O)[C@@H]2Cc3ccccc3N2S(=O)(=O)c2ccc(-c3cccc(C(F)(F)F)c3)cc2)c(C(F)(F)F)c1. The van der Waals surface area contributed by atoms with Crippen molar-refractivity contribution in [2.45, 2.75) is 29.7 Å². The number of nitrogens with one attached hydrogen (secondary N) is 1. The van der Waals surface area contributed by atoms with Crippen molar-refractivity contribution >= 4 is 27.6 Å². The number of carboxylic acid groups (broad SMARTS) is 1. The standard InChI is InChI=1S/C32H24F6N2O6S/c33-31(34,35)23-6-3-5-20(16-23)19-8-11-24(12-9-19)47(44,45)40-26-7-2-1-4-21(26)18-27(40)29(41)39-14-15-46-28-13-10-22(30(42)43)17-25(28)32(36,37)38/h1-13,16-17,27H,14-15,18H2,(H,39,41)(H,42,43)/t27-/m0/s1. The molecule has 0 unspecified atom stereocenters. The lowest BCUT2D eigenvalue weighted by atomic mass is 10.0. The molecule has 0 saturated heterocycles. The zero-order chi connectivity index (χ0) is 34.1. The van der Waals surface area contributed by atoms with E-state index in [1.807, 2.05) is 0 Å². The van der Waals surface area contributed by atoms with Crippen LogP contribution < -0.4 is 14.4 Å². The van der Waals surface area contributed by atoms with Crippen LogP contribution in [0.5, 0.6) is 5.75 Å². The molecule has 5 rings (SSSR count). The molecule has 0 spiro atoms. The quantitative estimate of drug-likeness (QED) is 0.157. The molecule has 0 saturated carbocycles. The Morgan fingerprint density at radius 2 is 1.55 bits per heavy atom. The number of fused-ring (bicyclic) bond motifs is 1. The number of carboxylic acids is 1. The number of benzene rings is 4. The zero-order valence-electron chi connectivity index (χ0n) is 24.0. The third-order valence-electron chi connectivity index (χ3n) is 7.35. The summed E-state index contributed by atoms with van der Waals surface area (Å²) in [5.41, 5.74) is -1.44. The van der Waals surface area contributed by atoms with Crippen LogP contribution in [0.4, 0.5) is 32.0 Å². The maximum atomic E-state index is 13.9. The van der Waals surface area contributed by atoms with Crippen LogP contribution in [0.3, 0.4) is 0 Å². The number of carbonyl (C=O) groups excluding carboxylic acids is 1. The van der Waals surface area contributed by atoms with Crippen LogP contribution in [0.2, 0.25) is 0 Å². The van der Waals surface area contributed by atoms with Gasteiger partial charge in [0.25, 0.3) is 10.0 Å². The molecule has 0 radical (unpaired) electrons. The summed E-state index contributed by atoms with van der Waals surface area (Å²) in [5.74, 6) is -2.97. The summed E-state index contributed by atoms with van der Waals surface area (Å²) >= 11 is 0. The van der Waals surface area contributed by atoms with Gasteiger partial charge in [0.15, 0.2) is 0 Å². The number of ether oxygens (including phenoxy) is 1. The van der Waals surface area contributed by atoms with Crippen molar-refractivity contribution in [2.24, 2.45) is 0 Å². The van der Waals surface area contributed by atoms with E-state index in [0.717, 1.165) is 28.6 Å². The first-order valence-electron chi connectivity index (χ1n) is 13.8. The van der Waals surface area contributed by atoms with E-state index >= 15 is 0 Å². The minimum absolute atomic E-state index is 0.0146. The molecule has 0 bridgehead atoms. The first-order valence-corrected chi connectivity index (χ1v) is 15.3. The second kappa shape index (κ2) is 12.6. The number of para-hydroxylation sites is 1. The minimum atomic E-state index is -4.92. The summed E-state index contributed by atoms with van der Waals surface area (Å²) in [5, 5.41) is 11.5. The largest absolute Gasteiger partial charge is 0.491 e. The van der Waals surface area contributed by atoms with Gasteiger partial charge in [-0.1, -0.05) is 42.5 Å². The molecule has 1 atom stereocenters. The molecule has 47 heavy (non-hydrogen) atoms. The lowest BCUT2D eigenvalue weighted by molar-refractivity contribution is -0.139. The Balaban J connectivity index is 1.33. The number of anilines is 1. The van der Waals surface area contributed by atoms with Crippen molar-refractivity contribution in [3.8, 4) is 16.9 Å². The van der Waals surface area contributed by atoms with E-state index in [9.17, 15) is 44.3 Å². The lowest BCUT2D eigenvalue weighted by Crippen LogP contribution is -2.48. The van der Waals surface area contributed by atoms with Crippen LogP contribution in [-0.4, -0.2) is 44.6 Å². The number of carbonyl (C=O) groups is 2. The molecular formula is C32H24F6N2O6S. The molecular weight excluding hydrogens is 654 g/mol. The Morgan fingerprint density at radius 3 is 2.21 bits per heavy atom. The van der Waals surface area contributed by atoms with Gasteiger partial charge in [-0.15, -0.1) is 0 Å². The van der Waals surface area contributed by atoms with Crippen molar-refractivity contribution in [1.82, 2.24) is 5.32 Å². The van der Waals surface area contributed by atoms with Gasteiger partial charge in [-0.25, -0.2) is 13.2 Å². The van der Waals surface area contributed by atoms with Gasteiger partial charge in [-0.3, -0.25) is 9.10 Å². The number of sulfonamides is 1. The van der Waals surface area contributed by atoms with Gasteiger partial charge in [0.1, 0.15) is 18.4 Å². The van der Waals surface area contributed by atoms with Gasteiger partial charge in [-0.05, 0) is 65.2 Å². The van der Waals surface area contributed by atoms with Crippen molar-refractivity contribution in [2.75, 3.05) is 17.5 Å². The van der Waals surface area contributed by atoms with Crippen LogP contribution >= 0.6 is 0 Å². The van der Waals surface area contributed by atoms with E-state index in [1.165, 1.54) is 42.5 Å². The predicted octanol–water partition coefficient (Wildman–Crippen LogP) is 6.40. The van der Waals surface area contributed by atoms with Crippen molar-refractivity contribution in [1.29, 1.82) is 0 Å². The maximum absolute atomic E-state index is 13.9. The second-order valence-corrected chi connectivity index (χ2v) is 12.2. The molecule has 1 amide bonds. The summed E-state index contributed by atoms with van der Waals surface area (Å²) in [6.07, 6.45) is -9.50. The lowest BCUT2D eigenvalue weighted by Gasteiger charge is -2.26. The fraction of sp³-hybridized carbons (Fsp3) is 0.188. The molecule has 0 aromatic heterocycles. The van der Waals surface area contributed by atoms with E-state index in [4.69, 9.17) is 9.84 Å². The molecule has 8 nitrogen and oxygen atoms in total. The Hall–Kier alpha value is -5.05. The monoisotopic (exact) mass is 678 g/mol. The van der Waals surface area contributed by atoms with Gasteiger partial charge in [0.2, 0.25) is 5.91 Å². The van der Waals surface area contributed by atoms with Gasteiger partial charge < -0.3 is 15.2 Å². The average molecular weight is 679 g/mol. The summed E-state index contributed by atoms with van der Waals surface area (Å²) in [6.45, 7) is -0.770. The van der Waals surface area contributed by atoms with Gasteiger partial charge in [0, 0.05) is 6.42 Å². The van der Waals surface area contributed by atoms with Crippen LogP contribution in [0, 0.1) is 0 Å². The number of hydrogen-bond donors (Lipinski definition) is 2. The maximum Gasteiger partial charge on any atom is 0.419 e. The summed E-state index contributed by atoms with van der Waals surface area (Å²) < 4.78 is 114.